The Morgan fingerprint density at radius 3 is 2.67 bits per heavy atom. The summed E-state index contributed by atoms with van der Waals surface area (Å²) in [6.07, 6.45) is 1.74. The van der Waals surface area contributed by atoms with Gasteiger partial charge in [-0.15, -0.1) is 0 Å². The fourth-order valence-corrected chi connectivity index (χ4v) is 2.02. The molecule has 1 aromatic heterocycles. The van der Waals surface area contributed by atoms with Crippen LogP contribution in [0.1, 0.15) is 11.3 Å². The van der Waals surface area contributed by atoms with E-state index in [0.717, 1.165) is 20.2 Å². The summed E-state index contributed by atoms with van der Waals surface area (Å²) in [5, 5.41) is 9.16. The van der Waals surface area contributed by atoms with Crippen molar-refractivity contribution < 1.29 is 9.84 Å². The predicted molar refractivity (Wildman–Crippen MR) is 76.3 cm³/mol. The third-order valence-corrected chi connectivity index (χ3v) is 3.61. The fourth-order valence-electron chi connectivity index (χ4n) is 1.41. The average Bonchev–Trinajstić information content (AvgIpc) is 2.39. The number of ether oxygens (including phenoxy) is 1. The molecule has 0 aliphatic carbocycles. The van der Waals surface area contributed by atoms with E-state index in [1.54, 1.807) is 6.20 Å². The lowest BCUT2D eigenvalue weighted by Gasteiger charge is -2.08. The lowest BCUT2D eigenvalue weighted by Crippen LogP contribution is -1.98. The van der Waals surface area contributed by atoms with Crippen LogP contribution in [0.15, 0.2) is 45.5 Å². The first-order valence-electron chi connectivity index (χ1n) is 5.31. The summed E-state index contributed by atoms with van der Waals surface area (Å²) in [5.74, 6) is 0.715. The number of rotatable bonds is 4. The molecule has 1 N–H and O–H groups in total. The topological polar surface area (TPSA) is 42.4 Å². The van der Waals surface area contributed by atoms with Crippen molar-refractivity contribution in [3.05, 3.63) is 56.7 Å². The van der Waals surface area contributed by atoms with Crippen molar-refractivity contribution >= 4 is 31.9 Å². The summed E-state index contributed by atoms with van der Waals surface area (Å²) < 4.78 is 7.44. The van der Waals surface area contributed by atoms with Crippen LogP contribution in [0.5, 0.6) is 5.75 Å². The molecule has 0 aliphatic rings. The first kappa shape index (κ1) is 13.5. The summed E-state index contributed by atoms with van der Waals surface area (Å²) in [5.41, 5.74) is 1.66. The number of benzene rings is 1. The van der Waals surface area contributed by atoms with Crippen LogP contribution in [-0.2, 0) is 13.2 Å². The monoisotopic (exact) mass is 371 g/mol. The van der Waals surface area contributed by atoms with E-state index in [9.17, 15) is 0 Å². The van der Waals surface area contributed by atoms with Crippen LogP contribution in [-0.4, -0.2) is 10.1 Å². The van der Waals surface area contributed by atoms with Gasteiger partial charge in [0.25, 0.3) is 0 Å². The predicted octanol–water partition coefficient (Wildman–Crippen LogP) is 3.68. The maximum atomic E-state index is 9.16. The number of aliphatic hydroxyl groups excluding tert-OH is 1. The number of nitrogens with zero attached hydrogens (tertiary/aromatic N) is 1. The van der Waals surface area contributed by atoms with Crippen molar-refractivity contribution in [3.63, 3.8) is 0 Å². The third-order valence-electron chi connectivity index (χ3n) is 2.36. The van der Waals surface area contributed by atoms with E-state index in [1.165, 1.54) is 0 Å². The molecule has 0 radical (unpaired) electrons. The summed E-state index contributed by atoms with van der Waals surface area (Å²) in [6, 6.07) is 9.34. The van der Waals surface area contributed by atoms with E-state index in [1.807, 2.05) is 30.3 Å². The van der Waals surface area contributed by atoms with Gasteiger partial charge in [-0.3, -0.25) is 4.98 Å². The molecule has 0 bridgehead atoms. The first-order chi connectivity index (χ1) is 8.69. The van der Waals surface area contributed by atoms with Crippen LogP contribution in [0.3, 0.4) is 0 Å². The van der Waals surface area contributed by atoms with Gasteiger partial charge < -0.3 is 9.84 Å². The number of hydrogen-bond acceptors (Lipinski definition) is 3. The zero-order valence-corrected chi connectivity index (χ0v) is 12.6. The largest absolute Gasteiger partial charge is 0.487 e. The van der Waals surface area contributed by atoms with Crippen LogP contribution in [0.25, 0.3) is 0 Å². The van der Waals surface area contributed by atoms with Crippen LogP contribution in [0.4, 0.5) is 0 Å². The lowest BCUT2D eigenvalue weighted by molar-refractivity contribution is 0.276. The van der Waals surface area contributed by atoms with Crippen LogP contribution >= 0.6 is 31.9 Å². The van der Waals surface area contributed by atoms with E-state index in [-0.39, 0.29) is 6.61 Å². The molecule has 0 aliphatic heterocycles. The van der Waals surface area contributed by atoms with Gasteiger partial charge in [0.1, 0.15) is 12.4 Å². The smallest absolute Gasteiger partial charge is 0.130 e. The molecule has 18 heavy (non-hydrogen) atoms. The standard InChI is InChI=1S/C13H11Br2NO2/c14-10-1-2-11(16-6-10)8-18-12-3-4-13(15)9(5-12)7-17/h1-6,17H,7-8H2. The van der Waals surface area contributed by atoms with E-state index >= 15 is 0 Å². The van der Waals surface area contributed by atoms with Crippen molar-refractivity contribution in [3.8, 4) is 5.75 Å². The number of hydrogen-bond donors (Lipinski definition) is 1. The minimum atomic E-state index is -0.0195. The van der Waals surface area contributed by atoms with Gasteiger partial charge in [-0.05, 0) is 51.8 Å². The Morgan fingerprint density at radius 1 is 1.17 bits per heavy atom. The maximum absolute atomic E-state index is 9.16. The summed E-state index contributed by atoms with van der Waals surface area (Å²) in [7, 11) is 0. The minimum Gasteiger partial charge on any atom is -0.487 e. The number of pyridine rings is 1. The fraction of sp³-hybridized carbons (Fsp3) is 0.154. The van der Waals surface area contributed by atoms with Gasteiger partial charge in [0.15, 0.2) is 0 Å². The number of aliphatic hydroxyl groups is 1. The van der Waals surface area contributed by atoms with Gasteiger partial charge in [0, 0.05) is 15.1 Å². The zero-order valence-electron chi connectivity index (χ0n) is 9.44. The van der Waals surface area contributed by atoms with E-state index in [4.69, 9.17) is 9.84 Å². The molecule has 0 unspecified atom stereocenters. The molecule has 0 atom stereocenters. The van der Waals surface area contributed by atoms with Gasteiger partial charge in [0.05, 0.1) is 12.3 Å². The van der Waals surface area contributed by atoms with Crippen molar-refractivity contribution in [2.24, 2.45) is 0 Å². The van der Waals surface area contributed by atoms with Crippen molar-refractivity contribution in [2.75, 3.05) is 0 Å². The Bertz CT molecular complexity index is 529. The maximum Gasteiger partial charge on any atom is 0.130 e. The normalized spacial score (nSPS) is 10.4. The van der Waals surface area contributed by atoms with Crippen molar-refractivity contribution in [1.82, 2.24) is 4.98 Å². The van der Waals surface area contributed by atoms with E-state index in [2.05, 4.69) is 36.8 Å². The molecule has 1 heterocycles. The Hall–Kier alpha value is -0.910. The van der Waals surface area contributed by atoms with Crippen molar-refractivity contribution in [2.45, 2.75) is 13.2 Å². The Kier molecular flexibility index (Phi) is 4.74. The summed E-state index contributed by atoms with van der Waals surface area (Å²) >= 11 is 6.69. The third kappa shape index (κ3) is 3.54. The van der Waals surface area contributed by atoms with Gasteiger partial charge >= 0.3 is 0 Å². The summed E-state index contributed by atoms with van der Waals surface area (Å²) in [4.78, 5) is 4.22. The Labute approximate surface area is 122 Å². The molecule has 0 saturated carbocycles. The van der Waals surface area contributed by atoms with E-state index < -0.39 is 0 Å². The molecule has 0 amide bonds. The van der Waals surface area contributed by atoms with Crippen LogP contribution < -0.4 is 4.74 Å². The number of halogens is 2. The molecule has 0 saturated heterocycles. The van der Waals surface area contributed by atoms with Gasteiger partial charge in [-0.25, -0.2) is 0 Å². The lowest BCUT2D eigenvalue weighted by atomic mass is 10.2. The quantitative estimate of drug-likeness (QED) is 0.890. The summed E-state index contributed by atoms with van der Waals surface area (Å²) in [6.45, 7) is 0.383. The van der Waals surface area contributed by atoms with Gasteiger partial charge in [-0.2, -0.15) is 0 Å². The molecule has 94 valence electrons. The average molecular weight is 373 g/mol. The molecule has 3 nitrogen and oxygen atoms in total. The highest BCUT2D eigenvalue weighted by atomic mass is 79.9. The molecule has 2 aromatic rings. The second kappa shape index (κ2) is 6.31. The molecular formula is C13H11Br2NO2. The highest BCUT2D eigenvalue weighted by Crippen LogP contribution is 2.23. The molecule has 0 spiro atoms. The molecule has 5 heteroatoms. The SMILES string of the molecule is OCc1cc(OCc2ccc(Br)cn2)ccc1Br. The molecular weight excluding hydrogens is 362 g/mol. The second-order valence-corrected chi connectivity index (χ2v) is 5.44. The molecule has 0 fully saturated rings. The van der Waals surface area contributed by atoms with Gasteiger partial charge in [0.2, 0.25) is 0 Å². The zero-order chi connectivity index (χ0) is 13.0. The highest BCUT2D eigenvalue weighted by Gasteiger charge is 2.02. The number of aromatic nitrogens is 1. The highest BCUT2D eigenvalue weighted by molar-refractivity contribution is 9.10. The van der Waals surface area contributed by atoms with E-state index in [0.29, 0.717) is 12.4 Å². The van der Waals surface area contributed by atoms with Crippen molar-refractivity contribution in [1.29, 1.82) is 0 Å². The van der Waals surface area contributed by atoms with Crippen LogP contribution in [0, 0.1) is 0 Å². The Morgan fingerprint density at radius 2 is 2.00 bits per heavy atom. The minimum absolute atomic E-state index is 0.0195. The second-order valence-electron chi connectivity index (χ2n) is 3.67. The molecule has 1 aromatic carbocycles. The van der Waals surface area contributed by atoms with Gasteiger partial charge in [-0.1, -0.05) is 15.9 Å². The molecule has 2 rings (SSSR count). The first-order valence-corrected chi connectivity index (χ1v) is 6.90. The Balaban J connectivity index is 2.04. The van der Waals surface area contributed by atoms with Crippen LogP contribution in [0.2, 0.25) is 0 Å².